The summed E-state index contributed by atoms with van der Waals surface area (Å²) in [5.74, 6) is 1.51. The summed E-state index contributed by atoms with van der Waals surface area (Å²) in [7, 11) is 0. The minimum atomic E-state index is 0.614. The van der Waals surface area contributed by atoms with Gasteiger partial charge in [0.25, 0.3) is 0 Å². The van der Waals surface area contributed by atoms with Crippen LogP contribution in [0.15, 0.2) is 29.8 Å². The maximum absolute atomic E-state index is 5.72. The minimum absolute atomic E-state index is 0.614. The lowest BCUT2D eigenvalue weighted by Crippen LogP contribution is -2.19. The summed E-state index contributed by atoms with van der Waals surface area (Å²) in [6, 6.07) is 6.01. The van der Waals surface area contributed by atoms with Gasteiger partial charge in [-0.1, -0.05) is 6.58 Å². The fourth-order valence-electron chi connectivity index (χ4n) is 2.02. The van der Waals surface area contributed by atoms with Gasteiger partial charge in [0.15, 0.2) is 0 Å². The van der Waals surface area contributed by atoms with Crippen LogP contribution in [0.2, 0.25) is 0 Å². The number of benzene rings is 1. The van der Waals surface area contributed by atoms with Gasteiger partial charge in [0.1, 0.15) is 11.5 Å². The van der Waals surface area contributed by atoms with Crippen LogP contribution in [0.25, 0.3) is 5.76 Å². The van der Waals surface area contributed by atoms with Gasteiger partial charge in [0, 0.05) is 12.1 Å². The summed E-state index contributed by atoms with van der Waals surface area (Å²) in [4.78, 5) is 6.33. The Morgan fingerprint density at radius 1 is 1.37 bits per heavy atom. The van der Waals surface area contributed by atoms with Crippen LogP contribution >= 0.6 is 0 Å². The average molecular weight is 260 g/mol. The molecule has 0 unspecified atom stereocenters. The molecule has 0 fully saturated rings. The summed E-state index contributed by atoms with van der Waals surface area (Å²) in [6.07, 6.45) is 1.86. The number of aliphatic imine (C=N–C) groups is 1. The summed E-state index contributed by atoms with van der Waals surface area (Å²) >= 11 is 0. The molecule has 0 aromatic heterocycles. The molecule has 0 spiro atoms. The number of hydrogen-bond donors (Lipinski definition) is 0. The summed E-state index contributed by atoms with van der Waals surface area (Å²) in [5, 5.41) is 0. The van der Waals surface area contributed by atoms with Crippen molar-refractivity contribution >= 4 is 17.8 Å². The standard InChI is InChI=1S/C15H20N2O2/c1-4-18-12(3)13-6-7-14(15(10-13)19-5-2)17-9-8-16-11-17/h6-7,10-11H,3-5,8-9H2,1-2H3. The van der Waals surface area contributed by atoms with Crippen LogP contribution in [-0.4, -0.2) is 32.6 Å². The highest BCUT2D eigenvalue weighted by Crippen LogP contribution is 2.32. The Hall–Kier alpha value is -1.97. The molecule has 1 aromatic carbocycles. The van der Waals surface area contributed by atoms with Crippen LogP contribution in [0.3, 0.4) is 0 Å². The fraction of sp³-hybridized carbons (Fsp3) is 0.400. The lowest BCUT2D eigenvalue weighted by molar-refractivity contribution is 0.298. The lowest BCUT2D eigenvalue weighted by atomic mass is 10.1. The zero-order valence-corrected chi connectivity index (χ0v) is 11.6. The molecule has 4 nitrogen and oxygen atoms in total. The quantitative estimate of drug-likeness (QED) is 0.737. The third-order valence-corrected chi connectivity index (χ3v) is 2.90. The Morgan fingerprint density at radius 2 is 2.21 bits per heavy atom. The van der Waals surface area contributed by atoms with Crippen molar-refractivity contribution in [1.29, 1.82) is 0 Å². The molecule has 1 aromatic rings. The monoisotopic (exact) mass is 260 g/mol. The highest BCUT2D eigenvalue weighted by Gasteiger charge is 2.15. The first kappa shape index (κ1) is 13.5. The average Bonchev–Trinajstić information content (AvgIpc) is 2.93. The smallest absolute Gasteiger partial charge is 0.143 e. The van der Waals surface area contributed by atoms with E-state index in [0.717, 1.165) is 30.1 Å². The molecule has 0 N–H and O–H groups in total. The first-order valence-electron chi connectivity index (χ1n) is 6.61. The molecule has 0 amide bonds. The minimum Gasteiger partial charge on any atom is -0.494 e. The van der Waals surface area contributed by atoms with Gasteiger partial charge in [0.2, 0.25) is 0 Å². The second-order valence-corrected chi connectivity index (χ2v) is 4.19. The predicted octanol–water partition coefficient (Wildman–Crippen LogP) is 2.94. The molecule has 0 saturated heterocycles. The van der Waals surface area contributed by atoms with E-state index in [4.69, 9.17) is 9.47 Å². The number of anilines is 1. The van der Waals surface area contributed by atoms with E-state index in [-0.39, 0.29) is 0 Å². The maximum atomic E-state index is 5.72. The van der Waals surface area contributed by atoms with Crippen molar-refractivity contribution in [3.8, 4) is 5.75 Å². The van der Waals surface area contributed by atoms with E-state index in [9.17, 15) is 0 Å². The van der Waals surface area contributed by atoms with E-state index in [0.29, 0.717) is 19.0 Å². The molecule has 2 rings (SSSR count). The van der Waals surface area contributed by atoms with Gasteiger partial charge in [0.05, 0.1) is 31.8 Å². The number of nitrogens with zero attached hydrogens (tertiary/aromatic N) is 2. The fourth-order valence-corrected chi connectivity index (χ4v) is 2.02. The lowest BCUT2D eigenvalue weighted by Gasteiger charge is -2.19. The van der Waals surface area contributed by atoms with Crippen LogP contribution < -0.4 is 9.64 Å². The van der Waals surface area contributed by atoms with Gasteiger partial charge in [-0.2, -0.15) is 0 Å². The molecule has 0 aliphatic carbocycles. The molecule has 1 heterocycles. The Labute approximate surface area is 114 Å². The first-order valence-corrected chi connectivity index (χ1v) is 6.61. The SMILES string of the molecule is C=C(OCC)c1ccc(N2C=NCC2)c(OCC)c1. The van der Waals surface area contributed by atoms with E-state index in [1.54, 1.807) is 0 Å². The molecular weight excluding hydrogens is 240 g/mol. The van der Waals surface area contributed by atoms with Crippen molar-refractivity contribution in [3.05, 3.63) is 30.3 Å². The molecule has 19 heavy (non-hydrogen) atoms. The number of hydrogen-bond acceptors (Lipinski definition) is 4. The van der Waals surface area contributed by atoms with Gasteiger partial charge in [-0.05, 0) is 32.0 Å². The first-order chi connectivity index (χ1) is 9.26. The van der Waals surface area contributed by atoms with E-state index < -0.39 is 0 Å². The molecule has 0 bridgehead atoms. The van der Waals surface area contributed by atoms with Crippen LogP contribution in [-0.2, 0) is 4.74 Å². The Kier molecular flexibility index (Phi) is 4.44. The second-order valence-electron chi connectivity index (χ2n) is 4.19. The van der Waals surface area contributed by atoms with Crippen LogP contribution in [0.4, 0.5) is 5.69 Å². The Bertz CT molecular complexity index is 483. The van der Waals surface area contributed by atoms with Crippen molar-refractivity contribution in [2.45, 2.75) is 13.8 Å². The molecule has 4 heteroatoms. The van der Waals surface area contributed by atoms with Gasteiger partial charge >= 0.3 is 0 Å². The zero-order valence-electron chi connectivity index (χ0n) is 11.6. The predicted molar refractivity (Wildman–Crippen MR) is 79.0 cm³/mol. The Balaban J connectivity index is 2.29. The van der Waals surface area contributed by atoms with Crippen molar-refractivity contribution in [1.82, 2.24) is 0 Å². The third kappa shape index (κ3) is 3.08. The molecule has 0 atom stereocenters. The molecule has 1 aliphatic heterocycles. The van der Waals surface area contributed by atoms with E-state index in [2.05, 4.69) is 16.5 Å². The maximum Gasteiger partial charge on any atom is 0.143 e. The second kappa shape index (κ2) is 6.27. The Morgan fingerprint density at radius 3 is 2.84 bits per heavy atom. The topological polar surface area (TPSA) is 34.1 Å². The highest BCUT2D eigenvalue weighted by atomic mass is 16.5. The van der Waals surface area contributed by atoms with Gasteiger partial charge < -0.3 is 14.4 Å². The summed E-state index contributed by atoms with van der Waals surface area (Å²) < 4.78 is 11.2. The van der Waals surface area contributed by atoms with Gasteiger partial charge in [-0.15, -0.1) is 0 Å². The van der Waals surface area contributed by atoms with E-state index >= 15 is 0 Å². The molecular formula is C15H20N2O2. The van der Waals surface area contributed by atoms with Crippen LogP contribution in [0, 0.1) is 0 Å². The summed E-state index contributed by atoms with van der Waals surface area (Å²) in [6.45, 7) is 10.8. The van der Waals surface area contributed by atoms with Crippen molar-refractivity contribution in [2.24, 2.45) is 4.99 Å². The summed E-state index contributed by atoms with van der Waals surface area (Å²) in [5.41, 5.74) is 1.99. The normalized spacial score (nSPS) is 13.7. The largest absolute Gasteiger partial charge is 0.494 e. The van der Waals surface area contributed by atoms with Gasteiger partial charge in [-0.25, -0.2) is 0 Å². The van der Waals surface area contributed by atoms with E-state index in [1.165, 1.54) is 0 Å². The van der Waals surface area contributed by atoms with Gasteiger partial charge in [-0.3, -0.25) is 4.99 Å². The zero-order chi connectivity index (χ0) is 13.7. The van der Waals surface area contributed by atoms with Crippen LogP contribution in [0.1, 0.15) is 19.4 Å². The highest BCUT2D eigenvalue weighted by molar-refractivity contribution is 5.84. The molecule has 0 saturated carbocycles. The molecule has 102 valence electrons. The number of ether oxygens (including phenoxy) is 2. The van der Waals surface area contributed by atoms with Crippen molar-refractivity contribution in [2.75, 3.05) is 31.2 Å². The van der Waals surface area contributed by atoms with Crippen LogP contribution in [0.5, 0.6) is 5.75 Å². The van der Waals surface area contributed by atoms with Crippen molar-refractivity contribution in [3.63, 3.8) is 0 Å². The molecule has 1 aliphatic rings. The number of rotatable bonds is 6. The van der Waals surface area contributed by atoms with E-state index in [1.807, 2.05) is 38.4 Å². The third-order valence-electron chi connectivity index (χ3n) is 2.90. The molecule has 0 radical (unpaired) electrons. The van der Waals surface area contributed by atoms with Crippen molar-refractivity contribution < 1.29 is 9.47 Å².